The molecular formula is C34H41ClN6O3. The van der Waals surface area contributed by atoms with Gasteiger partial charge in [0.15, 0.2) is 0 Å². The van der Waals surface area contributed by atoms with Gasteiger partial charge in [-0.05, 0) is 62.5 Å². The van der Waals surface area contributed by atoms with E-state index in [1.165, 1.54) is 0 Å². The van der Waals surface area contributed by atoms with Crippen LogP contribution in [0.25, 0.3) is 10.9 Å². The molecule has 3 amide bonds. The largest absolute Gasteiger partial charge is 0.492 e. The molecular weight excluding hydrogens is 576 g/mol. The first kappa shape index (κ1) is 31.2. The maximum absolute atomic E-state index is 14.1. The van der Waals surface area contributed by atoms with Gasteiger partial charge in [-0.3, -0.25) is 4.79 Å². The Labute approximate surface area is 264 Å². The monoisotopic (exact) mass is 616 g/mol. The van der Waals surface area contributed by atoms with Gasteiger partial charge in [-0.15, -0.1) is 0 Å². The summed E-state index contributed by atoms with van der Waals surface area (Å²) in [5.74, 6) is -0.0577. The Kier molecular flexibility index (Phi) is 9.97. The number of nitrogens with zero attached hydrogens (tertiary/aromatic N) is 3. The van der Waals surface area contributed by atoms with E-state index in [0.29, 0.717) is 55.8 Å². The zero-order valence-corrected chi connectivity index (χ0v) is 26.5. The molecule has 1 saturated heterocycles. The van der Waals surface area contributed by atoms with E-state index in [-0.39, 0.29) is 17.9 Å². The second kappa shape index (κ2) is 14.1. The Morgan fingerprint density at radius 2 is 1.75 bits per heavy atom. The van der Waals surface area contributed by atoms with Gasteiger partial charge in [-0.2, -0.15) is 0 Å². The van der Waals surface area contributed by atoms with Crippen molar-refractivity contribution in [3.05, 3.63) is 89.1 Å². The minimum Gasteiger partial charge on any atom is -0.492 e. The molecule has 0 bridgehead atoms. The highest BCUT2D eigenvalue weighted by Crippen LogP contribution is 2.31. The van der Waals surface area contributed by atoms with E-state index < -0.39 is 6.04 Å². The number of carbonyl (C=O) groups excluding carboxylic acids is 2. The number of benzene rings is 3. The summed E-state index contributed by atoms with van der Waals surface area (Å²) in [6.07, 6.45) is 1.92. The second-order valence-electron chi connectivity index (χ2n) is 11.4. The summed E-state index contributed by atoms with van der Waals surface area (Å²) >= 11 is 6.42. The fourth-order valence-corrected chi connectivity index (χ4v) is 6.04. The van der Waals surface area contributed by atoms with Crippen LogP contribution in [0.2, 0.25) is 5.02 Å². The standard InChI is InChI=1S/C34H41ClN6O3/c1-5-44-31-15-14-24(22-39(3)4)20-29(31)37-33(42)32(23(2)26-21-36-28-12-8-6-10-25(26)28)38-34(43)41-18-16-40(17-19-41)30-13-9-7-11-27(30)35/h6-15,20-21,23,32,36H,5,16-19,22H2,1-4H3,(H,37,42)(H,38,43)/t23-,32-/m1/s1. The van der Waals surface area contributed by atoms with Gasteiger partial charge in [0, 0.05) is 55.7 Å². The van der Waals surface area contributed by atoms with Gasteiger partial charge in [-0.25, -0.2) is 4.79 Å². The Balaban J connectivity index is 1.38. The SMILES string of the molecule is CCOc1ccc(CN(C)C)cc1NC(=O)[C@H](NC(=O)N1CCN(c2ccccc2Cl)CC1)[C@H](C)c1c[nH]c2ccccc12. The maximum Gasteiger partial charge on any atom is 0.318 e. The Hall–Kier alpha value is -4.21. The zero-order chi connectivity index (χ0) is 31.2. The van der Waals surface area contributed by atoms with Crippen molar-refractivity contribution >= 4 is 45.8 Å². The molecule has 232 valence electrons. The lowest BCUT2D eigenvalue weighted by Gasteiger charge is -2.37. The summed E-state index contributed by atoms with van der Waals surface area (Å²) in [5.41, 5.74) is 4.51. The number of para-hydroxylation sites is 2. The highest BCUT2D eigenvalue weighted by Gasteiger charge is 2.33. The molecule has 4 aromatic rings. The number of amides is 3. The Morgan fingerprint density at radius 1 is 1.02 bits per heavy atom. The second-order valence-corrected chi connectivity index (χ2v) is 11.8. The molecule has 44 heavy (non-hydrogen) atoms. The van der Waals surface area contributed by atoms with Gasteiger partial charge in [-0.1, -0.05) is 54.9 Å². The normalized spacial score (nSPS) is 14.9. The molecule has 3 N–H and O–H groups in total. The molecule has 0 aliphatic carbocycles. The molecule has 2 heterocycles. The van der Waals surface area contributed by atoms with E-state index in [1.807, 2.05) is 101 Å². The van der Waals surface area contributed by atoms with Crippen LogP contribution in [0.1, 0.15) is 30.9 Å². The Morgan fingerprint density at radius 3 is 2.48 bits per heavy atom. The van der Waals surface area contributed by atoms with Crippen molar-refractivity contribution in [3.63, 3.8) is 0 Å². The quantitative estimate of drug-likeness (QED) is 0.206. The number of urea groups is 1. The van der Waals surface area contributed by atoms with Gasteiger partial charge in [0.25, 0.3) is 0 Å². The van der Waals surface area contributed by atoms with Crippen LogP contribution in [-0.4, -0.2) is 79.6 Å². The van der Waals surface area contributed by atoms with Crippen molar-refractivity contribution in [2.75, 3.05) is 57.1 Å². The van der Waals surface area contributed by atoms with Gasteiger partial charge < -0.3 is 35.1 Å². The average molecular weight is 617 g/mol. The molecule has 0 saturated carbocycles. The third-order valence-corrected chi connectivity index (χ3v) is 8.35. The predicted molar refractivity (Wildman–Crippen MR) is 178 cm³/mol. The molecule has 3 aromatic carbocycles. The molecule has 1 fully saturated rings. The molecule has 1 aromatic heterocycles. The van der Waals surface area contributed by atoms with Crippen LogP contribution in [0, 0.1) is 0 Å². The zero-order valence-electron chi connectivity index (χ0n) is 25.8. The summed E-state index contributed by atoms with van der Waals surface area (Å²) < 4.78 is 5.86. The van der Waals surface area contributed by atoms with E-state index in [9.17, 15) is 9.59 Å². The lowest BCUT2D eigenvalue weighted by molar-refractivity contribution is -0.118. The first-order valence-corrected chi connectivity index (χ1v) is 15.4. The first-order valence-electron chi connectivity index (χ1n) is 15.1. The van der Waals surface area contributed by atoms with Crippen LogP contribution in [0.5, 0.6) is 5.75 Å². The van der Waals surface area contributed by atoms with Crippen LogP contribution in [0.4, 0.5) is 16.2 Å². The van der Waals surface area contributed by atoms with Gasteiger partial charge in [0.1, 0.15) is 11.8 Å². The predicted octanol–water partition coefficient (Wildman–Crippen LogP) is 5.92. The van der Waals surface area contributed by atoms with E-state index in [0.717, 1.165) is 27.7 Å². The number of aromatic amines is 1. The molecule has 5 rings (SSSR count). The number of carbonyl (C=O) groups is 2. The fourth-order valence-electron chi connectivity index (χ4n) is 5.78. The molecule has 2 atom stereocenters. The average Bonchev–Trinajstić information content (AvgIpc) is 3.45. The van der Waals surface area contributed by atoms with Crippen LogP contribution in [-0.2, 0) is 11.3 Å². The number of H-pyrrole nitrogens is 1. The number of rotatable bonds is 10. The fraction of sp³-hybridized carbons (Fsp3) is 0.353. The number of halogens is 1. The number of fused-ring (bicyclic) bond motifs is 1. The highest BCUT2D eigenvalue weighted by atomic mass is 35.5. The van der Waals surface area contributed by atoms with Crippen molar-refractivity contribution in [3.8, 4) is 5.75 Å². The summed E-state index contributed by atoms with van der Waals surface area (Å²) in [6, 6.07) is 20.4. The van der Waals surface area contributed by atoms with Gasteiger partial charge >= 0.3 is 6.03 Å². The summed E-state index contributed by atoms with van der Waals surface area (Å²) in [7, 11) is 3.99. The molecule has 0 spiro atoms. The maximum atomic E-state index is 14.1. The Bertz CT molecular complexity index is 1600. The minimum absolute atomic E-state index is 0.276. The van der Waals surface area contributed by atoms with Crippen LogP contribution >= 0.6 is 11.6 Å². The number of ether oxygens (including phenoxy) is 1. The van der Waals surface area contributed by atoms with Crippen LogP contribution < -0.4 is 20.3 Å². The molecule has 0 radical (unpaired) electrons. The van der Waals surface area contributed by atoms with Crippen molar-refractivity contribution in [1.29, 1.82) is 0 Å². The van der Waals surface area contributed by atoms with Crippen LogP contribution in [0.3, 0.4) is 0 Å². The van der Waals surface area contributed by atoms with E-state index in [2.05, 4.69) is 25.4 Å². The van der Waals surface area contributed by atoms with E-state index >= 15 is 0 Å². The van der Waals surface area contributed by atoms with E-state index in [1.54, 1.807) is 4.90 Å². The number of nitrogens with one attached hydrogen (secondary N) is 3. The van der Waals surface area contributed by atoms with Crippen molar-refractivity contribution < 1.29 is 14.3 Å². The smallest absolute Gasteiger partial charge is 0.318 e. The lowest BCUT2D eigenvalue weighted by Crippen LogP contribution is -2.56. The molecule has 1 aliphatic heterocycles. The summed E-state index contributed by atoms with van der Waals surface area (Å²) in [6.45, 7) is 7.35. The number of anilines is 2. The van der Waals surface area contributed by atoms with Crippen LogP contribution in [0.15, 0.2) is 72.9 Å². The number of hydrogen-bond acceptors (Lipinski definition) is 5. The van der Waals surface area contributed by atoms with Crippen molar-refractivity contribution in [1.82, 2.24) is 20.1 Å². The molecule has 10 heteroatoms. The number of hydrogen-bond donors (Lipinski definition) is 3. The third-order valence-electron chi connectivity index (χ3n) is 8.03. The van der Waals surface area contributed by atoms with Gasteiger partial charge in [0.05, 0.1) is 23.0 Å². The van der Waals surface area contributed by atoms with Crippen molar-refractivity contribution in [2.24, 2.45) is 0 Å². The molecule has 0 unspecified atom stereocenters. The van der Waals surface area contributed by atoms with Crippen molar-refractivity contribution in [2.45, 2.75) is 32.4 Å². The van der Waals surface area contributed by atoms with Gasteiger partial charge in [0.2, 0.25) is 5.91 Å². The third kappa shape index (κ3) is 7.11. The highest BCUT2D eigenvalue weighted by molar-refractivity contribution is 6.33. The summed E-state index contributed by atoms with van der Waals surface area (Å²) in [4.78, 5) is 37.2. The molecule has 9 nitrogen and oxygen atoms in total. The first-order chi connectivity index (χ1) is 21.2. The summed E-state index contributed by atoms with van der Waals surface area (Å²) in [5, 5.41) is 7.89. The number of aromatic nitrogens is 1. The topological polar surface area (TPSA) is 92.9 Å². The molecule has 1 aliphatic rings. The lowest BCUT2D eigenvalue weighted by atomic mass is 9.92. The number of piperazine rings is 1. The van der Waals surface area contributed by atoms with E-state index in [4.69, 9.17) is 16.3 Å². The minimum atomic E-state index is -0.852.